The van der Waals surface area contributed by atoms with E-state index >= 15 is 0 Å². The van der Waals surface area contributed by atoms with Crippen molar-refractivity contribution in [3.8, 4) is 0 Å². The van der Waals surface area contributed by atoms with Crippen molar-refractivity contribution < 1.29 is 9.18 Å². The normalized spacial score (nSPS) is 13.6. The zero-order valence-electron chi connectivity index (χ0n) is 11.2. The Labute approximate surface area is 117 Å². The highest BCUT2D eigenvalue weighted by Crippen LogP contribution is 2.15. The fourth-order valence-corrected chi connectivity index (χ4v) is 1.95. The maximum Gasteiger partial charge on any atom is 0.241 e. The van der Waals surface area contributed by atoms with Crippen LogP contribution in [0.5, 0.6) is 0 Å². The summed E-state index contributed by atoms with van der Waals surface area (Å²) in [7, 11) is 0. The number of nitrogens with one attached hydrogen (secondary N) is 1. The van der Waals surface area contributed by atoms with Crippen LogP contribution in [-0.2, 0) is 4.79 Å². The number of amides is 1. The molecule has 0 heterocycles. The molecular formula is C16H17FN2O. The van der Waals surface area contributed by atoms with E-state index in [-0.39, 0.29) is 17.8 Å². The van der Waals surface area contributed by atoms with Gasteiger partial charge in [-0.25, -0.2) is 4.39 Å². The van der Waals surface area contributed by atoms with E-state index in [0.717, 1.165) is 11.1 Å². The maximum absolute atomic E-state index is 12.9. The Hall–Kier alpha value is -2.20. The lowest BCUT2D eigenvalue weighted by Gasteiger charge is -2.18. The van der Waals surface area contributed by atoms with Crippen molar-refractivity contribution in [1.82, 2.24) is 5.32 Å². The lowest BCUT2D eigenvalue weighted by Crippen LogP contribution is -2.35. The first kappa shape index (κ1) is 14.2. The molecule has 1 amide bonds. The summed E-state index contributed by atoms with van der Waals surface area (Å²) < 4.78 is 12.9. The van der Waals surface area contributed by atoms with Crippen molar-refractivity contribution in [2.24, 2.45) is 5.73 Å². The van der Waals surface area contributed by atoms with Gasteiger partial charge in [-0.2, -0.15) is 0 Å². The van der Waals surface area contributed by atoms with Gasteiger partial charge in [0.15, 0.2) is 0 Å². The van der Waals surface area contributed by atoms with Crippen molar-refractivity contribution in [3.05, 3.63) is 71.5 Å². The predicted octanol–water partition coefficient (Wildman–Crippen LogP) is 2.70. The summed E-state index contributed by atoms with van der Waals surface area (Å²) in [6.45, 7) is 1.84. The number of nitrogens with two attached hydrogens (primary N) is 1. The minimum atomic E-state index is -0.709. The predicted molar refractivity (Wildman–Crippen MR) is 76.3 cm³/mol. The monoisotopic (exact) mass is 272 g/mol. The maximum atomic E-state index is 12.9. The first-order chi connectivity index (χ1) is 9.58. The van der Waals surface area contributed by atoms with E-state index in [1.54, 1.807) is 12.1 Å². The molecule has 3 N–H and O–H groups in total. The molecule has 2 aromatic carbocycles. The van der Waals surface area contributed by atoms with Crippen molar-refractivity contribution in [2.45, 2.75) is 19.0 Å². The molecule has 0 saturated carbocycles. The van der Waals surface area contributed by atoms with Crippen LogP contribution in [0.15, 0.2) is 54.6 Å². The third-order valence-corrected chi connectivity index (χ3v) is 3.17. The van der Waals surface area contributed by atoms with E-state index in [0.29, 0.717) is 0 Å². The van der Waals surface area contributed by atoms with Gasteiger partial charge in [0.1, 0.15) is 11.9 Å². The summed E-state index contributed by atoms with van der Waals surface area (Å²) in [6, 6.07) is 14.3. The van der Waals surface area contributed by atoms with Gasteiger partial charge in [-0.1, -0.05) is 42.5 Å². The summed E-state index contributed by atoms with van der Waals surface area (Å²) in [4.78, 5) is 12.1. The lowest BCUT2D eigenvalue weighted by molar-refractivity contribution is -0.123. The van der Waals surface area contributed by atoms with Crippen LogP contribution in [-0.4, -0.2) is 5.91 Å². The van der Waals surface area contributed by atoms with E-state index in [1.807, 2.05) is 37.3 Å². The summed E-state index contributed by atoms with van der Waals surface area (Å²) >= 11 is 0. The molecule has 0 saturated heterocycles. The molecule has 2 atom stereocenters. The van der Waals surface area contributed by atoms with Gasteiger partial charge in [-0.15, -0.1) is 0 Å². The van der Waals surface area contributed by atoms with Crippen LogP contribution in [0.4, 0.5) is 4.39 Å². The topological polar surface area (TPSA) is 55.1 Å². The number of carbonyl (C=O) groups excluding carboxylic acids is 1. The zero-order valence-corrected chi connectivity index (χ0v) is 11.2. The second-order valence-electron chi connectivity index (χ2n) is 4.67. The van der Waals surface area contributed by atoms with Crippen molar-refractivity contribution >= 4 is 5.91 Å². The third kappa shape index (κ3) is 3.42. The Morgan fingerprint density at radius 1 is 1.05 bits per heavy atom. The Balaban J connectivity index is 2.02. The molecule has 0 aliphatic heterocycles. The van der Waals surface area contributed by atoms with E-state index < -0.39 is 6.04 Å². The molecule has 0 spiro atoms. The van der Waals surface area contributed by atoms with Gasteiger partial charge in [0.05, 0.1) is 6.04 Å². The van der Waals surface area contributed by atoms with Gasteiger partial charge in [-0.05, 0) is 30.2 Å². The smallest absolute Gasteiger partial charge is 0.241 e. The molecule has 104 valence electrons. The summed E-state index contributed by atoms with van der Waals surface area (Å²) in [5.41, 5.74) is 7.51. The average molecular weight is 272 g/mol. The van der Waals surface area contributed by atoms with Gasteiger partial charge in [-0.3, -0.25) is 4.79 Å². The molecule has 2 unspecified atom stereocenters. The van der Waals surface area contributed by atoms with E-state index in [2.05, 4.69) is 5.32 Å². The van der Waals surface area contributed by atoms with Crippen LogP contribution in [0.3, 0.4) is 0 Å². The number of hydrogen-bond donors (Lipinski definition) is 2. The number of halogens is 1. The van der Waals surface area contributed by atoms with Gasteiger partial charge >= 0.3 is 0 Å². The molecule has 0 fully saturated rings. The number of rotatable bonds is 4. The second kappa shape index (κ2) is 6.30. The summed E-state index contributed by atoms with van der Waals surface area (Å²) in [6.07, 6.45) is 0. The van der Waals surface area contributed by atoms with Crippen LogP contribution in [0.1, 0.15) is 30.1 Å². The third-order valence-electron chi connectivity index (χ3n) is 3.17. The van der Waals surface area contributed by atoms with Crippen LogP contribution in [0.25, 0.3) is 0 Å². The van der Waals surface area contributed by atoms with Gasteiger partial charge in [0.25, 0.3) is 0 Å². The minimum Gasteiger partial charge on any atom is -0.348 e. The van der Waals surface area contributed by atoms with Gasteiger partial charge in [0.2, 0.25) is 5.91 Å². The fraction of sp³-hybridized carbons (Fsp3) is 0.188. The van der Waals surface area contributed by atoms with Crippen molar-refractivity contribution in [2.75, 3.05) is 0 Å². The molecule has 0 aliphatic carbocycles. The highest BCUT2D eigenvalue weighted by atomic mass is 19.1. The number of hydrogen-bond acceptors (Lipinski definition) is 2. The molecule has 2 rings (SSSR count). The Morgan fingerprint density at radius 2 is 1.65 bits per heavy atom. The lowest BCUT2D eigenvalue weighted by atomic mass is 10.1. The zero-order chi connectivity index (χ0) is 14.5. The molecule has 20 heavy (non-hydrogen) atoms. The van der Waals surface area contributed by atoms with Crippen LogP contribution in [0.2, 0.25) is 0 Å². The number of benzene rings is 2. The Bertz CT molecular complexity index is 569. The van der Waals surface area contributed by atoms with Crippen molar-refractivity contribution in [3.63, 3.8) is 0 Å². The molecule has 0 bridgehead atoms. The standard InChI is InChI=1S/C16H17FN2O/c1-11(12-7-9-14(17)10-8-12)19-16(20)15(18)13-5-3-2-4-6-13/h2-11,15H,18H2,1H3,(H,19,20). The van der Waals surface area contributed by atoms with Gasteiger partial charge < -0.3 is 11.1 Å². The molecular weight excluding hydrogens is 255 g/mol. The first-order valence-corrected chi connectivity index (χ1v) is 6.44. The quantitative estimate of drug-likeness (QED) is 0.899. The van der Waals surface area contributed by atoms with Gasteiger partial charge in [0, 0.05) is 0 Å². The molecule has 0 radical (unpaired) electrons. The fourth-order valence-electron chi connectivity index (χ4n) is 1.95. The van der Waals surface area contributed by atoms with Crippen molar-refractivity contribution in [1.29, 1.82) is 0 Å². The van der Waals surface area contributed by atoms with E-state index in [9.17, 15) is 9.18 Å². The highest BCUT2D eigenvalue weighted by Gasteiger charge is 2.18. The Morgan fingerprint density at radius 3 is 2.25 bits per heavy atom. The molecule has 3 nitrogen and oxygen atoms in total. The minimum absolute atomic E-state index is 0.224. The molecule has 4 heteroatoms. The van der Waals surface area contributed by atoms with Crippen LogP contribution >= 0.6 is 0 Å². The molecule has 0 aromatic heterocycles. The largest absolute Gasteiger partial charge is 0.348 e. The van der Waals surface area contributed by atoms with E-state index in [4.69, 9.17) is 5.73 Å². The summed E-state index contributed by atoms with van der Waals surface area (Å²) in [5.74, 6) is -0.554. The molecule has 0 aliphatic rings. The second-order valence-corrected chi connectivity index (χ2v) is 4.67. The van der Waals surface area contributed by atoms with Crippen LogP contribution in [0, 0.1) is 5.82 Å². The summed E-state index contributed by atoms with van der Waals surface area (Å²) in [5, 5.41) is 2.83. The average Bonchev–Trinajstić information content (AvgIpc) is 2.48. The molecule has 2 aromatic rings. The Kier molecular flexibility index (Phi) is 4.48. The first-order valence-electron chi connectivity index (χ1n) is 6.44. The van der Waals surface area contributed by atoms with E-state index in [1.165, 1.54) is 12.1 Å². The SMILES string of the molecule is CC(NC(=O)C(N)c1ccccc1)c1ccc(F)cc1. The van der Waals surface area contributed by atoms with Crippen LogP contribution < -0.4 is 11.1 Å². The highest BCUT2D eigenvalue weighted by molar-refractivity contribution is 5.83. The number of carbonyl (C=O) groups is 1.